The van der Waals surface area contributed by atoms with Crippen LogP contribution in [0, 0.1) is 6.92 Å². The van der Waals surface area contributed by atoms with Gasteiger partial charge in [0.1, 0.15) is 6.54 Å². The predicted molar refractivity (Wildman–Crippen MR) is 85.6 cm³/mol. The van der Waals surface area contributed by atoms with Crippen molar-refractivity contribution in [3.8, 4) is 0 Å². The maximum atomic E-state index is 11.9. The third-order valence-electron chi connectivity index (χ3n) is 4.16. The van der Waals surface area contributed by atoms with Gasteiger partial charge in [-0.05, 0) is 25.3 Å². The van der Waals surface area contributed by atoms with Gasteiger partial charge in [-0.3, -0.25) is 10.1 Å². The molecule has 1 atom stereocenters. The summed E-state index contributed by atoms with van der Waals surface area (Å²) in [4.78, 5) is 24.7. The first-order chi connectivity index (χ1) is 10.5. The Labute approximate surface area is 132 Å². The SMILES string of the molecule is Cc1ccccc1C[NH+](C)CC(=O)NC(=O)NC1CCCC1. The average Bonchev–Trinajstić information content (AvgIpc) is 2.93. The molecule has 1 fully saturated rings. The Morgan fingerprint density at radius 2 is 1.91 bits per heavy atom. The lowest BCUT2D eigenvalue weighted by molar-refractivity contribution is -0.885. The maximum absolute atomic E-state index is 11.9. The number of benzene rings is 1. The van der Waals surface area contributed by atoms with Crippen LogP contribution in [0.25, 0.3) is 0 Å². The molecule has 5 heteroatoms. The summed E-state index contributed by atoms with van der Waals surface area (Å²) >= 11 is 0. The molecule has 1 aliphatic carbocycles. The Morgan fingerprint density at radius 1 is 1.23 bits per heavy atom. The molecule has 0 aliphatic heterocycles. The van der Waals surface area contributed by atoms with Gasteiger partial charge in [-0.15, -0.1) is 0 Å². The summed E-state index contributed by atoms with van der Waals surface area (Å²) in [5.74, 6) is -0.235. The number of urea groups is 1. The van der Waals surface area contributed by atoms with Crippen molar-refractivity contribution in [1.82, 2.24) is 10.6 Å². The summed E-state index contributed by atoms with van der Waals surface area (Å²) < 4.78 is 0. The second-order valence-corrected chi connectivity index (χ2v) is 6.24. The molecule has 3 amide bonds. The quantitative estimate of drug-likeness (QED) is 0.753. The van der Waals surface area contributed by atoms with Crippen molar-refractivity contribution in [2.45, 2.75) is 45.2 Å². The number of hydrogen-bond donors (Lipinski definition) is 3. The molecular formula is C17H26N3O2+. The number of carbonyl (C=O) groups is 2. The third kappa shape index (κ3) is 5.15. The molecule has 0 spiro atoms. The van der Waals surface area contributed by atoms with Crippen molar-refractivity contribution in [2.24, 2.45) is 0 Å². The van der Waals surface area contributed by atoms with Gasteiger partial charge in [0.15, 0.2) is 6.54 Å². The molecule has 5 nitrogen and oxygen atoms in total. The lowest BCUT2D eigenvalue weighted by Gasteiger charge is -2.16. The molecule has 1 unspecified atom stereocenters. The Bertz CT molecular complexity index is 524. The topological polar surface area (TPSA) is 62.6 Å². The lowest BCUT2D eigenvalue weighted by Crippen LogP contribution is -3.09. The molecule has 0 aromatic heterocycles. The van der Waals surface area contributed by atoms with Crippen molar-refractivity contribution in [3.63, 3.8) is 0 Å². The number of carbonyl (C=O) groups excluding carboxylic acids is 2. The molecule has 3 N–H and O–H groups in total. The number of amides is 3. The highest BCUT2D eigenvalue weighted by atomic mass is 16.2. The van der Waals surface area contributed by atoms with E-state index in [4.69, 9.17) is 0 Å². The van der Waals surface area contributed by atoms with E-state index in [1.807, 2.05) is 19.2 Å². The van der Waals surface area contributed by atoms with Crippen LogP contribution in [0.5, 0.6) is 0 Å². The zero-order valence-corrected chi connectivity index (χ0v) is 13.4. The van der Waals surface area contributed by atoms with E-state index in [1.165, 1.54) is 11.1 Å². The third-order valence-corrected chi connectivity index (χ3v) is 4.16. The summed E-state index contributed by atoms with van der Waals surface area (Å²) in [6.07, 6.45) is 4.34. The fraction of sp³-hybridized carbons (Fsp3) is 0.529. The summed E-state index contributed by atoms with van der Waals surface area (Å²) in [6.45, 7) is 3.12. The van der Waals surface area contributed by atoms with Crippen LogP contribution < -0.4 is 15.5 Å². The van der Waals surface area contributed by atoms with Gasteiger partial charge in [0.25, 0.3) is 5.91 Å². The van der Waals surface area contributed by atoms with Crippen LogP contribution in [-0.4, -0.2) is 31.6 Å². The zero-order valence-electron chi connectivity index (χ0n) is 13.4. The van der Waals surface area contributed by atoms with Gasteiger partial charge in [0.2, 0.25) is 0 Å². The predicted octanol–water partition coefficient (Wildman–Crippen LogP) is 0.778. The average molecular weight is 304 g/mol. The Hall–Kier alpha value is -1.88. The summed E-state index contributed by atoms with van der Waals surface area (Å²) in [5, 5.41) is 5.29. The van der Waals surface area contributed by atoms with Gasteiger partial charge in [0, 0.05) is 11.6 Å². The Kier molecular flexibility index (Phi) is 5.95. The minimum atomic E-state index is -0.361. The first kappa shape index (κ1) is 16.5. The van der Waals surface area contributed by atoms with Crippen LogP contribution in [0.3, 0.4) is 0 Å². The van der Waals surface area contributed by atoms with E-state index in [0.717, 1.165) is 37.1 Å². The van der Waals surface area contributed by atoms with Gasteiger partial charge >= 0.3 is 6.03 Å². The molecule has 1 aromatic rings. The van der Waals surface area contributed by atoms with E-state index in [9.17, 15) is 9.59 Å². The van der Waals surface area contributed by atoms with Crippen LogP contribution in [-0.2, 0) is 11.3 Å². The molecular weight excluding hydrogens is 278 g/mol. The monoisotopic (exact) mass is 304 g/mol. The first-order valence-electron chi connectivity index (χ1n) is 8.00. The summed E-state index contributed by atoms with van der Waals surface area (Å²) in [6, 6.07) is 8.02. The smallest absolute Gasteiger partial charge is 0.321 e. The van der Waals surface area contributed by atoms with Crippen molar-refractivity contribution in [2.75, 3.05) is 13.6 Å². The number of likely N-dealkylation sites (N-methyl/N-ethyl adjacent to an activating group) is 1. The Morgan fingerprint density at radius 3 is 2.59 bits per heavy atom. The van der Waals surface area contributed by atoms with Gasteiger partial charge in [-0.1, -0.05) is 37.1 Å². The van der Waals surface area contributed by atoms with Crippen LogP contribution >= 0.6 is 0 Å². The van der Waals surface area contributed by atoms with Crippen molar-refractivity contribution >= 4 is 11.9 Å². The number of quaternary nitrogens is 1. The van der Waals surface area contributed by atoms with Crippen molar-refractivity contribution in [3.05, 3.63) is 35.4 Å². The number of imide groups is 1. The molecule has 0 radical (unpaired) electrons. The molecule has 22 heavy (non-hydrogen) atoms. The van der Waals surface area contributed by atoms with E-state index >= 15 is 0 Å². The minimum absolute atomic E-state index is 0.227. The highest BCUT2D eigenvalue weighted by Gasteiger charge is 2.19. The summed E-state index contributed by atoms with van der Waals surface area (Å²) in [7, 11) is 1.96. The van der Waals surface area contributed by atoms with Gasteiger partial charge in [-0.2, -0.15) is 0 Å². The highest BCUT2D eigenvalue weighted by molar-refractivity contribution is 5.94. The number of rotatable bonds is 5. The number of nitrogens with one attached hydrogen (secondary N) is 3. The molecule has 1 saturated carbocycles. The Balaban J connectivity index is 1.73. The fourth-order valence-electron chi connectivity index (χ4n) is 2.93. The van der Waals surface area contributed by atoms with E-state index in [2.05, 4.69) is 29.7 Å². The second-order valence-electron chi connectivity index (χ2n) is 6.24. The fourth-order valence-corrected chi connectivity index (χ4v) is 2.93. The number of hydrogen-bond acceptors (Lipinski definition) is 2. The van der Waals surface area contributed by atoms with E-state index in [1.54, 1.807) is 0 Å². The molecule has 0 saturated heterocycles. The van der Waals surface area contributed by atoms with Crippen LogP contribution in [0.15, 0.2) is 24.3 Å². The molecule has 1 aliphatic rings. The van der Waals surface area contributed by atoms with Gasteiger partial charge in [0.05, 0.1) is 7.05 Å². The van der Waals surface area contributed by atoms with Crippen LogP contribution in [0.4, 0.5) is 4.79 Å². The molecule has 1 aromatic carbocycles. The maximum Gasteiger partial charge on any atom is 0.321 e. The van der Waals surface area contributed by atoms with Crippen LogP contribution in [0.1, 0.15) is 36.8 Å². The highest BCUT2D eigenvalue weighted by Crippen LogP contribution is 2.17. The zero-order chi connectivity index (χ0) is 15.9. The van der Waals surface area contributed by atoms with Gasteiger partial charge < -0.3 is 10.2 Å². The van der Waals surface area contributed by atoms with E-state index < -0.39 is 0 Å². The lowest BCUT2D eigenvalue weighted by atomic mass is 10.1. The van der Waals surface area contributed by atoms with Gasteiger partial charge in [-0.25, -0.2) is 4.79 Å². The van der Waals surface area contributed by atoms with Crippen molar-refractivity contribution in [1.29, 1.82) is 0 Å². The minimum Gasteiger partial charge on any atom is -0.335 e. The van der Waals surface area contributed by atoms with E-state index in [0.29, 0.717) is 0 Å². The standard InChI is InChI=1S/C17H25N3O2/c1-13-7-3-4-8-14(13)11-20(2)12-16(21)19-17(22)18-15-9-5-6-10-15/h3-4,7-8,15H,5-6,9-12H2,1-2H3,(H2,18,19,21,22)/p+1. The van der Waals surface area contributed by atoms with Crippen molar-refractivity contribution < 1.29 is 14.5 Å². The summed E-state index contributed by atoms with van der Waals surface area (Å²) in [5.41, 5.74) is 2.45. The molecule has 0 bridgehead atoms. The van der Waals surface area contributed by atoms with E-state index in [-0.39, 0.29) is 24.5 Å². The molecule has 0 heterocycles. The largest absolute Gasteiger partial charge is 0.335 e. The second kappa shape index (κ2) is 7.94. The number of aryl methyl sites for hydroxylation is 1. The molecule has 2 rings (SSSR count). The first-order valence-corrected chi connectivity index (χ1v) is 8.00. The normalized spacial score (nSPS) is 16.3. The van der Waals surface area contributed by atoms with Crippen LogP contribution in [0.2, 0.25) is 0 Å². The molecule has 120 valence electrons.